The van der Waals surface area contributed by atoms with Crippen molar-refractivity contribution in [1.29, 1.82) is 0 Å². The second-order valence-electron chi connectivity index (χ2n) is 6.51. The van der Waals surface area contributed by atoms with E-state index in [0.717, 1.165) is 5.69 Å². The highest BCUT2D eigenvalue weighted by Crippen LogP contribution is 2.39. The standard InChI is InChI=1S/C18H16Cl2N2O3S/c19-13-7-4-8-14(18(13)20)22-16-11-26(24,25)10-15(16)21(9-17(22)23)12-5-2-1-3-6-12/h1-8,15-16H,9-11H2. The van der Waals surface area contributed by atoms with Crippen molar-refractivity contribution in [3.63, 3.8) is 0 Å². The Kier molecular flexibility index (Phi) is 4.37. The van der Waals surface area contributed by atoms with E-state index in [2.05, 4.69) is 0 Å². The van der Waals surface area contributed by atoms with Crippen molar-refractivity contribution in [3.05, 3.63) is 58.6 Å². The minimum Gasteiger partial charge on any atom is -0.356 e. The highest BCUT2D eigenvalue weighted by molar-refractivity contribution is 7.91. The van der Waals surface area contributed by atoms with Gasteiger partial charge in [0.2, 0.25) is 5.91 Å². The molecule has 2 saturated heterocycles. The summed E-state index contributed by atoms with van der Waals surface area (Å²) < 4.78 is 24.8. The molecule has 5 nitrogen and oxygen atoms in total. The first-order chi connectivity index (χ1) is 12.4. The lowest BCUT2D eigenvalue weighted by atomic mass is 10.0. The Morgan fingerprint density at radius 1 is 0.923 bits per heavy atom. The lowest BCUT2D eigenvalue weighted by molar-refractivity contribution is -0.118. The van der Waals surface area contributed by atoms with Crippen LogP contribution in [-0.2, 0) is 14.6 Å². The molecular weight excluding hydrogens is 395 g/mol. The van der Waals surface area contributed by atoms with Crippen LogP contribution in [0.3, 0.4) is 0 Å². The van der Waals surface area contributed by atoms with E-state index >= 15 is 0 Å². The number of amides is 1. The van der Waals surface area contributed by atoms with E-state index in [9.17, 15) is 13.2 Å². The number of fused-ring (bicyclic) bond motifs is 1. The predicted molar refractivity (Wildman–Crippen MR) is 104 cm³/mol. The van der Waals surface area contributed by atoms with Crippen LogP contribution in [0.1, 0.15) is 0 Å². The Morgan fingerprint density at radius 2 is 1.62 bits per heavy atom. The van der Waals surface area contributed by atoms with Gasteiger partial charge < -0.3 is 9.80 Å². The zero-order chi connectivity index (χ0) is 18.5. The van der Waals surface area contributed by atoms with Gasteiger partial charge in [-0.2, -0.15) is 0 Å². The Bertz CT molecular complexity index is 966. The van der Waals surface area contributed by atoms with Gasteiger partial charge in [-0.1, -0.05) is 47.5 Å². The van der Waals surface area contributed by atoms with Gasteiger partial charge in [0, 0.05) is 5.69 Å². The third-order valence-electron chi connectivity index (χ3n) is 4.88. The highest BCUT2D eigenvalue weighted by Gasteiger charge is 2.50. The van der Waals surface area contributed by atoms with E-state index in [0.29, 0.717) is 10.7 Å². The molecule has 0 aromatic heterocycles. The van der Waals surface area contributed by atoms with Gasteiger partial charge in [-0.15, -0.1) is 0 Å². The largest absolute Gasteiger partial charge is 0.356 e. The number of carbonyl (C=O) groups excluding carboxylic acids is 1. The van der Waals surface area contributed by atoms with E-state index in [1.807, 2.05) is 35.2 Å². The summed E-state index contributed by atoms with van der Waals surface area (Å²) in [6.45, 7) is 0.0868. The number of carbonyl (C=O) groups is 1. The SMILES string of the molecule is O=C1CN(c2ccccc2)C2CS(=O)(=O)CC2N1c1cccc(Cl)c1Cl. The normalized spacial score (nSPS) is 24.6. The van der Waals surface area contributed by atoms with Crippen molar-refractivity contribution in [3.8, 4) is 0 Å². The second-order valence-corrected chi connectivity index (χ2v) is 9.45. The average molecular weight is 411 g/mol. The monoisotopic (exact) mass is 410 g/mol. The Labute approximate surface area is 162 Å². The van der Waals surface area contributed by atoms with Gasteiger partial charge in [0.25, 0.3) is 0 Å². The molecule has 2 aliphatic heterocycles. The maximum absolute atomic E-state index is 13.0. The van der Waals surface area contributed by atoms with E-state index in [1.165, 1.54) is 4.90 Å². The summed E-state index contributed by atoms with van der Waals surface area (Å²) in [5.41, 5.74) is 1.30. The van der Waals surface area contributed by atoms with Gasteiger partial charge in [-0.3, -0.25) is 4.79 Å². The molecule has 2 atom stereocenters. The number of rotatable bonds is 2. The number of anilines is 2. The molecule has 2 aromatic rings. The molecule has 0 saturated carbocycles. The fourth-order valence-corrected chi connectivity index (χ4v) is 6.11. The van der Waals surface area contributed by atoms with Crippen LogP contribution in [0.15, 0.2) is 48.5 Å². The summed E-state index contributed by atoms with van der Waals surface area (Å²) >= 11 is 12.4. The van der Waals surface area contributed by atoms with Gasteiger partial charge in [0.05, 0.1) is 45.9 Å². The van der Waals surface area contributed by atoms with Gasteiger partial charge >= 0.3 is 0 Å². The molecule has 0 bridgehead atoms. The zero-order valence-corrected chi connectivity index (χ0v) is 16.0. The van der Waals surface area contributed by atoms with Crippen molar-refractivity contribution >= 4 is 50.3 Å². The van der Waals surface area contributed by atoms with Crippen LogP contribution in [0, 0.1) is 0 Å². The number of hydrogen-bond donors (Lipinski definition) is 0. The molecule has 2 unspecified atom stereocenters. The molecule has 0 aliphatic carbocycles. The maximum atomic E-state index is 13.0. The molecule has 2 heterocycles. The first kappa shape index (κ1) is 17.6. The number of para-hydroxylation sites is 1. The molecule has 0 N–H and O–H groups in total. The van der Waals surface area contributed by atoms with E-state index in [1.54, 1.807) is 18.2 Å². The van der Waals surface area contributed by atoms with Gasteiger partial charge in [-0.05, 0) is 24.3 Å². The van der Waals surface area contributed by atoms with Crippen LogP contribution in [-0.4, -0.2) is 44.5 Å². The predicted octanol–water partition coefficient (Wildman–Crippen LogP) is 3.01. The van der Waals surface area contributed by atoms with Crippen LogP contribution in [0.5, 0.6) is 0 Å². The van der Waals surface area contributed by atoms with Crippen molar-refractivity contribution in [2.45, 2.75) is 12.1 Å². The molecule has 26 heavy (non-hydrogen) atoms. The summed E-state index contributed by atoms with van der Waals surface area (Å²) in [7, 11) is -3.27. The summed E-state index contributed by atoms with van der Waals surface area (Å²) in [6.07, 6.45) is 0. The molecule has 0 spiro atoms. The van der Waals surface area contributed by atoms with Crippen molar-refractivity contribution in [2.75, 3.05) is 27.9 Å². The molecule has 2 fully saturated rings. The first-order valence-corrected chi connectivity index (χ1v) is 10.7. The van der Waals surface area contributed by atoms with Gasteiger partial charge in [0.15, 0.2) is 9.84 Å². The molecule has 2 aliphatic rings. The summed E-state index contributed by atoms with van der Waals surface area (Å²) in [5, 5.41) is 0.596. The van der Waals surface area contributed by atoms with E-state index in [4.69, 9.17) is 23.2 Å². The van der Waals surface area contributed by atoms with E-state index < -0.39 is 15.9 Å². The molecule has 1 amide bonds. The highest BCUT2D eigenvalue weighted by atomic mass is 35.5. The molecule has 136 valence electrons. The van der Waals surface area contributed by atoms with Crippen LogP contribution in [0.4, 0.5) is 11.4 Å². The second kappa shape index (κ2) is 6.44. The molecule has 4 rings (SSSR count). The average Bonchev–Trinajstić information content (AvgIpc) is 2.93. The van der Waals surface area contributed by atoms with Crippen molar-refractivity contribution in [1.82, 2.24) is 0 Å². The molecular formula is C18H16Cl2N2O3S. The fraction of sp³-hybridized carbons (Fsp3) is 0.278. The van der Waals surface area contributed by atoms with Crippen LogP contribution >= 0.6 is 23.2 Å². The topological polar surface area (TPSA) is 57.7 Å². The fourth-order valence-electron chi connectivity index (χ4n) is 3.77. The Morgan fingerprint density at radius 3 is 2.35 bits per heavy atom. The number of halogens is 2. The summed E-state index contributed by atoms with van der Waals surface area (Å²) in [6, 6.07) is 13.6. The lowest BCUT2D eigenvalue weighted by Crippen LogP contribution is -2.62. The smallest absolute Gasteiger partial charge is 0.246 e. The zero-order valence-electron chi connectivity index (χ0n) is 13.7. The summed E-state index contributed by atoms with van der Waals surface area (Å²) in [4.78, 5) is 16.4. The number of hydrogen-bond acceptors (Lipinski definition) is 4. The van der Waals surface area contributed by atoms with Gasteiger partial charge in [0.1, 0.15) is 0 Å². The number of sulfone groups is 1. The van der Waals surface area contributed by atoms with Crippen molar-refractivity contribution in [2.24, 2.45) is 0 Å². The van der Waals surface area contributed by atoms with Gasteiger partial charge in [-0.25, -0.2) is 8.42 Å². The Hall–Kier alpha value is -1.76. The minimum absolute atomic E-state index is 0.00846. The Balaban J connectivity index is 1.80. The van der Waals surface area contributed by atoms with Crippen LogP contribution in [0.25, 0.3) is 0 Å². The minimum atomic E-state index is -3.27. The molecule has 0 radical (unpaired) electrons. The number of nitrogens with zero attached hydrogens (tertiary/aromatic N) is 2. The van der Waals surface area contributed by atoms with Crippen LogP contribution in [0.2, 0.25) is 10.0 Å². The quantitative estimate of drug-likeness (QED) is 0.763. The molecule has 2 aromatic carbocycles. The maximum Gasteiger partial charge on any atom is 0.246 e. The third kappa shape index (κ3) is 2.96. The molecule has 8 heteroatoms. The van der Waals surface area contributed by atoms with E-state index in [-0.39, 0.29) is 35.0 Å². The van der Waals surface area contributed by atoms with Crippen molar-refractivity contribution < 1.29 is 13.2 Å². The van der Waals surface area contributed by atoms with Crippen LogP contribution < -0.4 is 9.80 Å². The first-order valence-electron chi connectivity index (χ1n) is 8.15. The lowest BCUT2D eigenvalue weighted by Gasteiger charge is -2.44. The third-order valence-corrected chi connectivity index (χ3v) is 7.39. The summed E-state index contributed by atoms with van der Waals surface area (Å²) in [5.74, 6) is -0.277. The number of benzene rings is 2. The number of piperazine rings is 1.